The highest BCUT2D eigenvalue weighted by Gasteiger charge is 2.21. The maximum absolute atomic E-state index is 11.7. The number of amides is 1. The van der Waals surface area contributed by atoms with Crippen LogP contribution in [0.25, 0.3) is 6.08 Å². The van der Waals surface area contributed by atoms with Crippen molar-refractivity contribution in [3.8, 4) is 11.5 Å². The van der Waals surface area contributed by atoms with Gasteiger partial charge in [0, 0.05) is 0 Å². The van der Waals surface area contributed by atoms with Crippen molar-refractivity contribution < 1.29 is 14.3 Å². The number of carbonyl (C=O) groups excluding carboxylic acids is 1. The number of hydrogen-bond acceptors (Lipinski definition) is 5. The molecule has 4 nitrogen and oxygen atoms in total. The summed E-state index contributed by atoms with van der Waals surface area (Å²) in [6.07, 6.45) is 3.71. The molecular weight excluding hydrogens is 282 g/mol. The first kappa shape index (κ1) is 14.0. The molecule has 0 radical (unpaired) electrons. The molecule has 0 fully saturated rings. The highest BCUT2D eigenvalue weighted by atomic mass is 32.2. The van der Waals surface area contributed by atoms with Crippen LogP contribution >= 0.6 is 23.5 Å². The van der Waals surface area contributed by atoms with Crippen molar-refractivity contribution in [2.75, 3.05) is 20.5 Å². The highest BCUT2D eigenvalue weighted by Crippen LogP contribution is 2.34. The van der Waals surface area contributed by atoms with Gasteiger partial charge in [-0.25, -0.2) is 0 Å². The van der Waals surface area contributed by atoms with Crippen molar-refractivity contribution in [1.82, 2.24) is 0 Å². The number of benzene rings is 1. The van der Waals surface area contributed by atoms with Gasteiger partial charge < -0.3 is 9.47 Å². The van der Waals surface area contributed by atoms with Gasteiger partial charge >= 0.3 is 0 Å². The molecule has 0 N–H and O–H groups in total. The molecule has 1 aromatic rings. The van der Waals surface area contributed by atoms with E-state index in [9.17, 15) is 4.79 Å². The van der Waals surface area contributed by atoms with Crippen LogP contribution in [0.15, 0.2) is 28.1 Å². The van der Waals surface area contributed by atoms with Gasteiger partial charge in [-0.3, -0.25) is 4.79 Å². The third-order valence-electron chi connectivity index (χ3n) is 2.48. The van der Waals surface area contributed by atoms with Gasteiger partial charge in [-0.1, -0.05) is 17.8 Å². The van der Waals surface area contributed by atoms with Crippen molar-refractivity contribution in [3.05, 3.63) is 28.7 Å². The molecule has 6 heteroatoms. The Hall–Kier alpha value is -1.40. The van der Waals surface area contributed by atoms with Gasteiger partial charge in [0.1, 0.15) is 4.38 Å². The molecule has 1 aliphatic rings. The molecule has 0 bridgehead atoms. The molecule has 1 heterocycles. The third-order valence-corrected chi connectivity index (χ3v) is 4.45. The monoisotopic (exact) mass is 295 g/mol. The number of methoxy groups -OCH3 is 2. The first-order valence-corrected chi connectivity index (χ1v) is 7.50. The summed E-state index contributed by atoms with van der Waals surface area (Å²) in [5, 5.41) is 0. The summed E-state index contributed by atoms with van der Waals surface area (Å²) in [6, 6.07) is 5.52. The summed E-state index contributed by atoms with van der Waals surface area (Å²) in [6.45, 7) is 0. The second kappa shape index (κ2) is 6.16. The lowest BCUT2D eigenvalue weighted by molar-refractivity contribution is -0.113. The van der Waals surface area contributed by atoms with Crippen LogP contribution in [0, 0.1) is 0 Å². The molecule has 2 rings (SSSR count). The first-order valence-electron chi connectivity index (χ1n) is 5.46. The van der Waals surface area contributed by atoms with Crippen LogP contribution in [-0.2, 0) is 4.79 Å². The van der Waals surface area contributed by atoms with Crippen LogP contribution in [0.1, 0.15) is 5.56 Å². The number of ether oxygens (including phenoxy) is 2. The number of aliphatic imine (C=N–C) groups is 1. The van der Waals surface area contributed by atoms with Crippen molar-refractivity contribution in [3.63, 3.8) is 0 Å². The second-order valence-corrected chi connectivity index (χ2v) is 5.70. The zero-order valence-electron chi connectivity index (χ0n) is 10.8. The Morgan fingerprint density at radius 2 is 2.00 bits per heavy atom. The molecule has 0 spiro atoms. The van der Waals surface area contributed by atoms with Crippen LogP contribution in [0.4, 0.5) is 0 Å². The predicted molar refractivity (Wildman–Crippen MR) is 81.1 cm³/mol. The van der Waals surface area contributed by atoms with Gasteiger partial charge in [-0.05, 0) is 30.0 Å². The lowest BCUT2D eigenvalue weighted by Crippen LogP contribution is -1.92. The molecule has 19 heavy (non-hydrogen) atoms. The average molecular weight is 295 g/mol. The van der Waals surface area contributed by atoms with E-state index in [2.05, 4.69) is 4.99 Å². The first-order chi connectivity index (χ1) is 9.17. The van der Waals surface area contributed by atoms with E-state index < -0.39 is 0 Å². The molecule has 1 amide bonds. The minimum Gasteiger partial charge on any atom is -0.493 e. The van der Waals surface area contributed by atoms with Crippen LogP contribution < -0.4 is 9.47 Å². The van der Waals surface area contributed by atoms with Gasteiger partial charge in [-0.15, -0.1) is 11.8 Å². The van der Waals surface area contributed by atoms with E-state index in [-0.39, 0.29) is 5.91 Å². The lowest BCUT2D eigenvalue weighted by atomic mass is 10.2. The van der Waals surface area contributed by atoms with Gasteiger partial charge in [0.15, 0.2) is 11.5 Å². The SMILES string of the molecule is COc1ccc(/C=C2/SC(SC)=NC2=O)cc1OC. The Bertz CT molecular complexity index is 567. The van der Waals surface area contributed by atoms with Crippen molar-refractivity contribution in [2.45, 2.75) is 0 Å². The maximum Gasteiger partial charge on any atom is 0.285 e. The van der Waals surface area contributed by atoms with Crippen LogP contribution in [0.3, 0.4) is 0 Å². The van der Waals surface area contributed by atoms with Gasteiger partial charge in [0.25, 0.3) is 5.91 Å². The van der Waals surface area contributed by atoms with Crippen molar-refractivity contribution >= 4 is 39.9 Å². The van der Waals surface area contributed by atoms with Crippen molar-refractivity contribution in [1.29, 1.82) is 0 Å². The third kappa shape index (κ3) is 3.13. The van der Waals surface area contributed by atoms with Gasteiger partial charge in [-0.2, -0.15) is 4.99 Å². The summed E-state index contributed by atoms with van der Waals surface area (Å²) in [5.74, 6) is 1.11. The fourth-order valence-electron chi connectivity index (χ4n) is 1.57. The summed E-state index contributed by atoms with van der Waals surface area (Å²) in [7, 11) is 3.17. The van der Waals surface area contributed by atoms with Crippen LogP contribution in [0.2, 0.25) is 0 Å². The molecule has 1 aliphatic heterocycles. The number of hydrogen-bond donors (Lipinski definition) is 0. The van der Waals surface area contributed by atoms with E-state index in [1.54, 1.807) is 14.2 Å². The molecule has 100 valence electrons. The van der Waals surface area contributed by atoms with Gasteiger partial charge in [0.2, 0.25) is 0 Å². The lowest BCUT2D eigenvalue weighted by Gasteiger charge is -2.07. The Morgan fingerprint density at radius 3 is 2.58 bits per heavy atom. The topological polar surface area (TPSA) is 47.9 Å². The molecule has 1 aromatic carbocycles. The van der Waals surface area contributed by atoms with E-state index in [4.69, 9.17) is 9.47 Å². The summed E-state index contributed by atoms with van der Waals surface area (Å²) in [5.41, 5.74) is 0.881. The zero-order chi connectivity index (χ0) is 13.8. The van der Waals surface area contributed by atoms with Crippen LogP contribution in [0.5, 0.6) is 11.5 Å². The zero-order valence-corrected chi connectivity index (χ0v) is 12.4. The smallest absolute Gasteiger partial charge is 0.285 e. The minimum absolute atomic E-state index is 0.191. The van der Waals surface area contributed by atoms with Crippen molar-refractivity contribution in [2.24, 2.45) is 4.99 Å². The largest absolute Gasteiger partial charge is 0.493 e. The van der Waals surface area contributed by atoms with Crippen LogP contribution in [-0.4, -0.2) is 30.8 Å². The second-order valence-electron chi connectivity index (χ2n) is 3.61. The molecule has 0 unspecified atom stereocenters. The fraction of sp³-hybridized carbons (Fsp3) is 0.231. The molecule has 0 aromatic heterocycles. The Balaban J connectivity index is 2.27. The van der Waals surface area contributed by atoms with E-state index in [1.165, 1.54) is 23.5 Å². The molecule has 0 atom stereocenters. The highest BCUT2D eigenvalue weighted by molar-refractivity contribution is 8.40. The normalized spacial score (nSPS) is 16.7. The summed E-state index contributed by atoms with van der Waals surface area (Å²) < 4.78 is 11.2. The quantitative estimate of drug-likeness (QED) is 0.802. The number of thioether (sulfide) groups is 2. The fourth-order valence-corrected chi connectivity index (χ4v) is 2.99. The Morgan fingerprint density at radius 1 is 1.26 bits per heavy atom. The van der Waals surface area contributed by atoms with E-state index >= 15 is 0 Å². The van der Waals surface area contributed by atoms with Gasteiger partial charge in [0.05, 0.1) is 19.1 Å². The van der Waals surface area contributed by atoms with E-state index in [0.717, 1.165) is 9.94 Å². The number of nitrogens with zero attached hydrogens (tertiary/aromatic N) is 1. The standard InChI is InChI=1S/C13H13NO3S2/c1-16-9-5-4-8(6-10(9)17-2)7-11-12(15)14-13(18-3)19-11/h4-7H,1-3H3/b11-7+. The number of rotatable bonds is 3. The predicted octanol–water partition coefficient (Wildman–Crippen LogP) is 3.04. The maximum atomic E-state index is 11.7. The minimum atomic E-state index is -0.191. The molecule has 0 saturated heterocycles. The summed E-state index contributed by atoms with van der Waals surface area (Å²) in [4.78, 5) is 16.2. The molecule has 0 aliphatic carbocycles. The van der Waals surface area contributed by atoms with E-state index in [1.807, 2.05) is 30.5 Å². The Kier molecular flexibility index (Phi) is 4.55. The summed E-state index contributed by atoms with van der Waals surface area (Å²) >= 11 is 2.86. The molecular formula is C13H13NO3S2. The average Bonchev–Trinajstić information content (AvgIpc) is 2.79. The molecule has 0 saturated carbocycles. The number of carbonyl (C=O) groups is 1. The van der Waals surface area contributed by atoms with E-state index in [0.29, 0.717) is 16.4 Å². The Labute approximate surface area is 120 Å².